The third-order valence-corrected chi connectivity index (χ3v) is 3.40. The van der Waals surface area contributed by atoms with Gasteiger partial charge in [-0.1, -0.05) is 0 Å². The molecule has 0 saturated heterocycles. The summed E-state index contributed by atoms with van der Waals surface area (Å²) >= 11 is 0. The van der Waals surface area contributed by atoms with Gasteiger partial charge in [-0.25, -0.2) is 0 Å². The minimum absolute atomic E-state index is 0.488. The minimum atomic E-state index is -4.44. The van der Waals surface area contributed by atoms with E-state index in [4.69, 9.17) is 13.7 Å². The molecule has 1 aromatic heterocycles. The van der Waals surface area contributed by atoms with Crippen molar-refractivity contribution in [1.82, 2.24) is 15.0 Å². The molecule has 0 fully saturated rings. The Morgan fingerprint density at radius 2 is 0.792 bits per heavy atom. The van der Waals surface area contributed by atoms with E-state index in [1.54, 1.807) is 0 Å². The van der Waals surface area contributed by atoms with E-state index in [2.05, 4.69) is 30.9 Å². The van der Waals surface area contributed by atoms with Gasteiger partial charge >= 0.3 is 0 Å². The average Bonchev–Trinajstić information content (AvgIpc) is 2.38. The Kier molecular flexibility index (Phi) is 6.19. The summed E-state index contributed by atoms with van der Waals surface area (Å²) in [5.41, 5.74) is 0. The SMILES string of the molecule is O=S(=O)(O)CNc1nc(NCS(=O)(=O)O)nc(NCS(=O)(=O)O)n1. The van der Waals surface area contributed by atoms with Gasteiger partial charge in [0.15, 0.2) is 0 Å². The second-order valence-corrected chi connectivity index (χ2v) is 8.37. The molecule has 15 nitrogen and oxygen atoms in total. The van der Waals surface area contributed by atoms with E-state index < -0.39 is 65.8 Å². The summed E-state index contributed by atoms with van der Waals surface area (Å²) in [6, 6.07) is 0. The fourth-order valence-corrected chi connectivity index (χ4v) is 2.01. The first kappa shape index (κ1) is 20.2. The highest BCUT2D eigenvalue weighted by Gasteiger charge is 2.13. The van der Waals surface area contributed by atoms with Crippen LogP contribution < -0.4 is 16.0 Å². The zero-order valence-electron chi connectivity index (χ0n) is 11.5. The van der Waals surface area contributed by atoms with E-state index in [1.807, 2.05) is 0 Å². The first-order valence-electron chi connectivity index (χ1n) is 5.57. The van der Waals surface area contributed by atoms with E-state index in [9.17, 15) is 25.3 Å². The van der Waals surface area contributed by atoms with Gasteiger partial charge in [0.2, 0.25) is 17.8 Å². The van der Waals surface area contributed by atoms with Gasteiger partial charge < -0.3 is 16.0 Å². The molecule has 6 N–H and O–H groups in total. The van der Waals surface area contributed by atoms with Crippen LogP contribution in [-0.2, 0) is 30.4 Å². The fraction of sp³-hybridized carbons (Fsp3) is 0.500. The molecule has 0 aromatic carbocycles. The Labute approximate surface area is 136 Å². The molecular formula is C6H12N6O9S3. The van der Waals surface area contributed by atoms with Gasteiger partial charge in [-0.15, -0.1) is 0 Å². The number of nitrogens with zero attached hydrogens (tertiary/aromatic N) is 3. The van der Waals surface area contributed by atoms with Crippen LogP contribution in [0.2, 0.25) is 0 Å². The molecule has 0 unspecified atom stereocenters. The molecule has 0 aliphatic heterocycles. The average molecular weight is 408 g/mol. The molecule has 24 heavy (non-hydrogen) atoms. The van der Waals surface area contributed by atoms with Gasteiger partial charge in [0.25, 0.3) is 30.4 Å². The van der Waals surface area contributed by atoms with Gasteiger partial charge in [-0.3, -0.25) is 13.7 Å². The maximum Gasteiger partial charge on any atom is 0.283 e. The lowest BCUT2D eigenvalue weighted by atomic mass is 10.8. The van der Waals surface area contributed by atoms with Gasteiger partial charge in [-0.2, -0.15) is 40.2 Å². The molecule has 0 bridgehead atoms. The number of aromatic nitrogens is 3. The Hall–Kier alpha value is -1.86. The number of hydrogen-bond donors (Lipinski definition) is 6. The third kappa shape index (κ3) is 9.32. The molecule has 0 aliphatic rings. The maximum absolute atomic E-state index is 10.7. The monoisotopic (exact) mass is 408 g/mol. The summed E-state index contributed by atoms with van der Waals surface area (Å²) in [4.78, 5) is 10.6. The molecule has 0 aliphatic carbocycles. The molecule has 18 heteroatoms. The van der Waals surface area contributed by atoms with Crippen LogP contribution in [0.3, 0.4) is 0 Å². The zero-order chi connectivity index (χ0) is 18.6. The van der Waals surface area contributed by atoms with Crippen molar-refractivity contribution in [2.75, 3.05) is 33.6 Å². The summed E-state index contributed by atoms with van der Waals surface area (Å²) in [6.07, 6.45) is 0. The smallest absolute Gasteiger partial charge is 0.283 e. The first-order valence-corrected chi connectivity index (χ1v) is 10.4. The topological polar surface area (TPSA) is 238 Å². The quantitative estimate of drug-likeness (QED) is 0.234. The van der Waals surface area contributed by atoms with Crippen LogP contribution in [0.4, 0.5) is 17.8 Å². The van der Waals surface area contributed by atoms with Crippen LogP contribution in [-0.4, -0.2) is 71.5 Å². The lowest BCUT2D eigenvalue weighted by Gasteiger charge is -2.09. The van der Waals surface area contributed by atoms with E-state index in [1.165, 1.54) is 0 Å². The van der Waals surface area contributed by atoms with Crippen molar-refractivity contribution in [3.63, 3.8) is 0 Å². The molecule has 0 atom stereocenters. The van der Waals surface area contributed by atoms with Crippen molar-refractivity contribution < 1.29 is 38.9 Å². The molecule has 1 rings (SSSR count). The van der Waals surface area contributed by atoms with Crippen molar-refractivity contribution in [3.05, 3.63) is 0 Å². The first-order chi connectivity index (χ1) is 10.7. The molecule has 0 spiro atoms. The lowest BCUT2D eigenvalue weighted by molar-refractivity contribution is 0.483. The predicted molar refractivity (Wildman–Crippen MR) is 79.9 cm³/mol. The standard InChI is InChI=1S/C6H12N6O9S3/c13-22(14,15)1-7-4-10-5(8-2-23(16,17)18)12-6(11-4)9-3-24(19,20)21/h1-3H2,(H,13,14,15)(H,16,17,18)(H,19,20,21)(H3,7,8,9,10,11,12). The van der Waals surface area contributed by atoms with Crippen LogP contribution >= 0.6 is 0 Å². The molecule has 0 amide bonds. The van der Waals surface area contributed by atoms with Gasteiger partial charge in [0, 0.05) is 0 Å². The highest BCUT2D eigenvalue weighted by molar-refractivity contribution is 7.86. The van der Waals surface area contributed by atoms with E-state index >= 15 is 0 Å². The summed E-state index contributed by atoms with van der Waals surface area (Å²) in [5.74, 6) is -4.49. The fourth-order valence-electron chi connectivity index (χ4n) is 1.08. The zero-order valence-corrected chi connectivity index (χ0v) is 13.9. The molecular weight excluding hydrogens is 396 g/mol. The van der Waals surface area contributed by atoms with E-state index in [-0.39, 0.29) is 0 Å². The molecule has 1 heterocycles. The Morgan fingerprint density at radius 1 is 0.583 bits per heavy atom. The molecule has 138 valence electrons. The van der Waals surface area contributed by atoms with Crippen molar-refractivity contribution >= 4 is 48.2 Å². The summed E-state index contributed by atoms with van der Waals surface area (Å²) in [5, 5.41) is 6.17. The minimum Gasteiger partial charge on any atom is -0.338 e. The van der Waals surface area contributed by atoms with Crippen LogP contribution in [0.25, 0.3) is 0 Å². The molecule has 0 saturated carbocycles. The number of nitrogens with one attached hydrogen (secondary N) is 3. The third-order valence-electron chi connectivity index (χ3n) is 1.87. The maximum atomic E-state index is 10.7. The Morgan fingerprint density at radius 3 is 0.958 bits per heavy atom. The van der Waals surface area contributed by atoms with Gasteiger partial charge in [-0.05, 0) is 0 Å². The second-order valence-electron chi connectivity index (χ2n) is 4.02. The summed E-state index contributed by atoms with van der Waals surface area (Å²) < 4.78 is 89.8. The van der Waals surface area contributed by atoms with Crippen molar-refractivity contribution in [1.29, 1.82) is 0 Å². The number of anilines is 3. The highest BCUT2D eigenvalue weighted by atomic mass is 32.2. The normalized spacial score (nSPS) is 12.6. The molecule has 1 aromatic rings. The largest absolute Gasteiger partial charge is 0.338 e. The van der Waals surface area contributed by atoms with Crippen LogP contribution in [0.15, 0.2) is 0 Å². The number of hydrogen-bond acceptors (Lipinski definition) is 12. The second kappa shape index (κ2) is 7.36. The highest BCUT2D eigenvalue weighted by Crippen LogP contribution is 2.10. The Balaban J connectivity index is 3.03. The Bertz CT molecular complexity index is 764. The van der Waals surface area contributed by atoms with Gasteiger partial charge in [0.05, 0.1) is 0 Å². The van der Waals surface area contributed by atoms with Crippen LogP contribution in [0.1, 0.15) is 0 Å². The number of rotatable bonds is 9. The van der Waals surface area contributed by atoms with Crippen molar-refractivity contribution in [2.24, 2.45) is 0 Å². The summed E-state index contributed by atoms with van der Waals surface area (Å²) in [7, 11) is -13.3. The summed E-state index contributed by atoms with van der Waals surface area (Å²) in [6.45, 7) is 0. The molecule has 0 radical (unpaired) electrons. The lowest BCUT2D eigenvalue weighted by Crippen LogP contribution is -2.20. The predicted octanol–water partition coefficient (Wildman–Crippen LogP) is -2.36. The van der Waals surface area contributed by atoms with E-state index in [0.29, 0.717) is 0 Å². The van der Waals surface area contributed by atoms with Crippen LogP contribution in [0, 0.1) is 0 Å². The van der Waals surface area contributed by atoms with Crippen LogP contribution in [0.5, 0.6) is 0 Å². The van der Waals surface area contributed by atoms with E-state index in [0.717, 1.165) is 0 Å². The van der Waals surface area contributed by atoms with Gasteiger partial charge in [0.1, 0.15) is 17.6 Å². The van der Waals surface area contributed by atoms with Crippen molar-refractivity contribution in [3.8, 4) is 0 Å². The van der Waals surface area contributed by atoms with Crippen molar-refractivity contribution in [2.45, 2.75) is 0 Å².